The van der Waals surface area contributed by atoms with Gasteiger partial charge in [-0.15, -0.1) is 11.8 Å². The van der Waals surface area contributed by atoms with Gasteiger partial charge in [-0.25, -0.2) is 0 Å². The van der Waals surface area contributed by atoms with Crippen LogP contribution in [-0.4, -0.2) is 113 Å². The van der Waals surface area contributed by atoms with Crippen LogP contribution in [0.15, 0.2) is 0 Å². The van der Waals surface area contributed by atoms with Crippen LogP contribution in [0.25, 0.3) is 0 Å². The van der Waals surface area contributed by atoms with Crippen LogP contribution in [0.2, 0.25) is 0 Å². The molecule has 0 aromatic carbocycles. The molecule has 0 saturated carbocycles. The lowest BCUT2D eigenvalue weighted by molar-refractivity contribution is -0.328. The molecule has 0 aliphatic carbocycles. The van der Waals surface area contributed by atoms with Gasteiger partial charge in [0.15, 0.2) is 18.2 Å². The quantitative estimate of drug-likeness (QED) is 0.270. The number of hydrogen-bond acceptors (Lipinski definition) is 14. The molecule has 3 heterocycles. The van der Waals surface area contributed by atoms with Crippen LogP contribution < -0.4 is 0 Å². The van der Waals surface area contributed by atoms with Crippen molar-refractivity contribution in [2.24, 2.45) is 16.2 Å². The van der Waals surface area contributed by atoms with Gasteiger partial charge in [-0.1, -0.05) is 6.92 Å². The Morgan fingerprint density at radius 2 is 1.22 bits per heavy atom. The molecular formula is C32H54O13S. The number of rotatable bonds is 9. The van der Waals surface area contributed by atoms with Crippen molar-refractivity contribution in [1.82, 2.24) is 0 Å². The Hall–Kier alpha value is -1.52. The third kappa shape index (κ3) is 9.55. The molecule has 0 aromatic rings. The Morgan fingerprint density at radius 3 is 1.72 bits per heavy atom. The van der Waals surface area contributed by atoms with Gasteiger partial charge in [-0.2, -0.15) is 0 Å². The minimum absolute atomic E-state index is 0.222. The number of carbonyl (C=O) groups is 3. The van der Waals surface area contributed by atoms with E-state index in [2.05, 4.69) is 0 Å². The molecule has 0 spiro atoms. The zero-order chi connectivity index (χ0) is 35.0. The van der Waals surface area contributed by atoms with Crippen LogP contribution in [0.1, 0.15) is 83.1 Å². The Kier molecular flexibility index (Phi) is 12.3. The number of carbonyl (C=O) groups excluding carboxylic acids is 3. The highest BCUT2D eigenvalue weighted by molar-refractivity contribution is 7.99. The first kappa shape index (κ1) is 38.9. The summed E-state index contributed by atoms with van der Waals surface area (Å²) in [6.45, 7) is 20.1. The first-order valence-electron chi connectivity index (χ1n) is 15.8. The SMILES string of the molecule is CCSC1OC(COC(=O)C(C)(C)C)C(OC2OC(COC(=O)C(C)(C)C)C3OC(C)(C)OC3C2O)C(O)C1OC(=O)C(C)(C)C. The maximum Gasteiger partial charge on any atom is 0.311 e. The van der Waals surface area contributed by atoms with Gasteiger partial charge < -0.3 is 48.1 Å². The van der Waals surface area contributed by atoms with Crippen molar-refractivity contribution in [3.05, 3.63) is 0 Å². The summed E-state index contributed by atoms with van der Waals surface area (Å²) in [7, 11) is 0. The van der Waals surface area contributed by atoms with E-state index < -0.39 is 100 Å². The van der Waals surface area contributed by atoms with Crippen molar-refractivity contribution in [1.29, 1.82) is 0 Å². The standard InChI is InChI=1S/C32H54O13S/c1-13-46-25-23(43-28(37)31(8,9)10)18(33)20(16(41-25)14-38-26(35)29(2,3)4)42-24-19(34)22-21(44-32(11,12)45-22)17(40-24)15-39-27(36)30(5,6)7/h16-25,33-34H,13-15H2,1-12H3. The zero-order valence-corrected chi connectivity index (χ0v) is 30.0. The predicted octanol–water partition coefficient (Wildman–Crippen LogP) is 2.95. The summed E-state index contributed by atoms with van der Waals surface area (Å²) in [6.07, 6.45) is -10.5. The number of esters is 3. The van der Waals surface area contributed by atoms with Gasteiger partial charge in [0.25, 0.3) is 0 Å². The number of hydrogen-bond donors (Lipinski definition) is 2. The van der Waals surface area contributed by atoms with E-state index in [1.807, 2.05) is 6.92 Å². The molecule has 10 unspecified atom stereocenters. The van der Waals surface area contributed by atoms with Crippen molar-refractivity contribution in [2.75, 3.05) is 19.0 Å². The average Bonchev–Trinajstić information content (AvgIpc) is 3.25. The van der Waals surface area contributed by atoms with Crippen LogP contribution in [0.5, 0.6) is 0 Å². The molecule has 0 amide bonds. The lowest BCUT2D eigenvalue weighted by atomic mass is 9.95. The Balaban J connectivity index is 1.93. The lowest BCUT2D eigenvalue weighted by Crippen LogP contribution is -2.64. The molecular weight excluding hydrogens is 624 g/mol. The maximum atomic E-state index is 13.0. The van der Waals surface area contributed by atoms with Gasteiger partial charge in [-0.05, 0) is 81.9 Å². The minimum Gasteiger partial charge on any atom is -0.462 e. The normalized spacial score (nSPS) is 34.8. The van der Waals surface area contributed by atoms with Crippen molar-refractivity contribution in [3.63, 3.8) is 0 Å². The molecule has 3 rings (SSSR count). The Labute approximate surface area is 276 Å². The van der Waals surface area contributed by atoms with Crippen molar-refractivity contribution >= 4 is 29.7 Å². The molecule has 0 bridgehead atoms. The molecule has 266 valence electrons. The Bertz CT molecular complexity index is 1070. The van der Waals surface area contributed by atoms with E-state index in [9.17, 15) is 24.6 Å². The summed E-state index contributed by atoms with van der Waals surface area (Å²) in [5.74, 6) is -2.05. The molecule has 0 radical (unpaired) electrons. The summed E-state index contributed by atoms with van der Waals surface area (Å²) in [5.41, 5.74) is -3.28. The van der Waals surface area contributed by atoms with Gasteiger partial charge in [-0.3, -0.25) is 14.4 Å². The number of aliphatic hydroxyl groups excluding tert-OH is 2. The van der Waals surface area contributed by atoms with Crippen molar-refractivity contribution < 1.29 is 62.5 Å². The summed E-state index contributed by atoms with van der Waals surface area (Å²) < 4.78 is 47.7. The largest absolute Gasteiger partial charge is 0.462 e. The molecule has 2 N–H and O–H groups in total. The molecule has 10 atom stereocenters. The first-order valence-corrected chi connectivity index (χ1v) is 16.9. The van der Waals surface area contributed by atoms with Gasteiger partial charge in [0.2, 0.25) is 0 Å². The Morgan fingerprint density at radius 1 is 0.717 bits per heavy atom. The summed E-state index contributed by atoms with van der Waals surface area (Å²) in [4.78, 5) is 38.3. The summed E-state index contributed by atoms with van der Waals surface area (Å²) >= 11 is 1.31. The smallest absolute Gasteiger partial charge is 0.311 e. The second-order valence-electron chi connectivity index (χ2n) is 15.5. The van der Waals surface area contributed by atoms with E-state index in [0.717, 1.165) is 0 Å². The highest BCUT2D eigenvalue weighted by Crippen LogP contribution is 2.40. The summed E-state index contributed by atoms with van der Waals surface area (Å²) in [5, 5.41) is 23.2. The first-order chi connectivity index (χ1) is 21.0. The maximum absolute atomic E-state index is 13.0. The second-order valence-corrected chi connectivity index (χ2v) is 16.9. The molecule has 3 aliphatic heterocycles. The van der Waals surface area contributed by atoms with Crippen LogP contribution in [0.4, 0.5) is 0 Å². The third-order valence-electron chi connectivity index (χ3n) is 7.53. The molecule has 46 heavy (non-hydrogen) atoms. The highest BCUT2D eigenvalue weighted by atomic mass is 32.2. The molecule has 3 aliphatic rings. The zero-order valence-electron chi connectivity index (χ0n) is 29.2. The number of thioether (sulfide) groups is 1. The van der Waals surface area contributed by atoms with Gasteiger partial charge in [0, 0.05) is 0 Å². The van der Waals surface area contributed by atoms with E-state index in [1.54, 1.807) is 76.2 Å². The number of aliphatic hydroxyl groups is 2. The monoisotopic (exact) mass is 678 g/mol. The molecule has 3 fully saturated rings. The predicted molar refractivity (Wildman–Crippen MR) is 166 cm³/mol. The lowest BCUT2D eigenvalue weighted by Gasteiger charge is -2.47. The summed E-state index contributed by atoms with van der Waals surface area (Å²) in [6, 6.07) is 0. The number of ether oxygens (including phenoxy) is 8. The fourth-order valence-electron chi connectivity index (χ4n) is 4.93. The van der Waals surface area contributed by atoms with Crippen LogP contribution in [0.3, 0.4) is 0 Å². The van der Waals surface area contributed by atoms with E-state index in [0.29, 0.717) is 5.75 Å². The van der Waals surface area contributed by atoms with E-state index in [1.165, 1.54) is 11.8 Å². The minimum atomic E-state index is -1.48. The van der Waals surface area contributed by atoms with E-state index in [4.69, 9.17) is 37.9 Å². The van der Waals surface area contributed by atoms with Crippen LogP contribution in [0, 0.1) is 16.2 Å². The highest BCUT2D eigenvalue weighted by Gasteiger charge is 2.58. The fourth-order valence-corrected chi connectivity index (χ4v) is 5.88. The van der Waals surface area contributed by atoms with E-state index >= 15 is 0 Å². The number of fused-ring (bicyclic) bond motifs is 1. The van der Waals surface area contributed by atoms with Gasteiger partial charge >= 0.3 is 17.9 Å². The molecule has 0 aromatic heterocycles. The second kappa shape index (κ2) is 14.5. The third-order valence-corrected chi connectivity index (χ3v) is 8.57. The molecule has 13 nitrogen and oxygen atoms in total. The average molecular weight is 679 g/mol. The molecule has 14 heteroatoms. The fraction of sp³-hybridized carbons (Fsp3) is 0.906. The molecule has 3 saturated heterocycles. The van der Waals surface area contributed by atoms with Crippen LogP contribution >= 0.6 is 11.8 Å². The van der Waals surface area contributed by atoms with E-state index in [-0.39, 0.29) is 13.2 Å². The van der Waals surface area contributed by atoms with Crippen LogP contribution in [-0.2, 0) is 52.3 Å². The van der Waals surface area contributed by atoms with Crippen molar-refractivity contribution in [2.45, 2.75) is 149 Å². The van der Waals surface area contributed by atoms with Gasteiger partial charge in [0.1, 0.15) is 61.4 Å². The van der Waals surface area contributed by atoms with Crippen molar-refractivity contribution in [3.8, 4) is 0 Å². The van der Waals surface area contributed by atoms with Gasteiger partial charge in [0.05, 0.1) is 16.2 Å². The topological polar surface area (TPSA) is 166 Å².